The maximum Gasteiger partial charge on any atom is 0.155 e. The van der Waals surface area contributed by atoms with E-state index < -0.39 is 0 Å². The van der Waals surface area contributed by atoms with Crippen LogP contribution in [-0.2, 0) is 11.3 Å². The van der Waals surface area contributed by atoms with E-state index >= 15 is 0 Å². The van der Waals surface area contributed by atoms with Gasteiger partial charge in [0, 0.05) is 18.7 Å². The third-order valence-electron chi connectivity index (χ3n) is 3.45. The minimum Gasteiger partial charge on any atom is -0.358 e. The smallest absolute Gasteiger partial charge is 0.155 e. The van der Waals surface area contributed by atoms with E-state index in [-0.39, 0.29) is 18.6 Å². The summed E-state index contributed by atoms with van der Waals surface area (Å²) in [6, 6.07) is 3.59. The number of hydrogen-bond donors (Lipinski definition) is 1. The third-order valence-corrected chi connectivity index (χ3v) is 3.45. The van der Waals surface area contributed by atoms with Gasteiger partial charge in [0.2, 0.25) is 0 Å². The molecule has 1 fully saturated rings. The van der Waals surface area contributed by atoms with Crippen LogP contribution < -0.4 is 5.73 Å². The molecular formula is C13H16FN3O. The fourth-order valence-corrected chi connectivity index (χ4v) is 2.44. The van der Waals surface area contributed by atoms with Crippen molar-refractivity contribution >= 4 is 11.0 Å². The first-order valence-corrected chi connectivity index (χ1v) is 6.27. The summed E-state index contributed by atoms with van der Waals surface area (Å²) in [5.41, 5.74) is 7.15. The lowest BCUT2D eigenvalue weighted by Gasteiger charge is -2.24. The van der Waals surface area contributed by atoms with Gasteiger partial charge in [0.15, 0.2) is 5.82 Å². The molecule has 1 aliphatic rings. The number of benzene rings is 1. The molecule has 0 spiro atoms. The zero-order chi connectivity index (χ0) is 12.5. The second-order valence-corrected chi connectivity index (χ2v) is 4.58. The molecule has 1 aromatic carbocycles. The second kappa shape index (κ2) is 4.66. The monoisotopic (exact) mass is 249 g/mol. The van der Waals surface area contributed by atoms with Gasteiger partial charge in [-0.2, -0.15) is 0 Å². The molecule has 0 saturated carbocycles. The summed E-state index contributed by atoms with van der Waals surface area (Å²) in [5.74, 6) is -0.315. The number of fused-ring (bicyclic) bond motifs is 1. The number of rotatable bonds is 2. The normalized spacial score (nSPS) is 20.4. The Kier molecular flexibility index (Phi) is 3.01. The van der Waals surface area contributed by atoms with Gasteiger partial charge in [0.1, 0.15) is 11.7 Å². The maximum atomic E-state index is 14.1. The number of halogens is 1. The average Bonchev–Trinajstić information content (AvgIpc) is 2.85. The Bertz CT molecular complexity index is 561. The van der Waals surface area contributed by atoms with E-state index in [2.05, 4.69) is 4.98 Å². The molecule has 5 heteroatoms. The number of hydrogen-bond acceptors (Lipinski definition) is 3. The average molecular weight is 249 g/mol. The fourth-order valence-electron chi connectivity index (χ4n) is 2.44. The molecular weight excluding hydrogens is 233 g/mol. The molecule has 2 aromatic rings. The molecule has 96 valence electrons. The van der Waals surface area contributed by atoms with Crippen LogP contribution in [0.5, 0.6) is 0 Å². The lowest BCUT2D eigenvalue weighted by molar-refractivity contribution is -0.0295. The van der Waals surface area contributed by atoms with Gasteiger partial charge in [0.05, 0.1) is 11.8 Å². The Labute approximate surface area is 105 Å². The minimum absolute atomic E-state index is 0.0214. The predicted molar refractivity (Wildman–Crippen MR) is 66.4 cm³/mol. The number of nitrogens with two attached hydrogens (primary N) is 1. The van der Waals surface area contributed by atoms with Crippen LogP contribution in [-0.4, -0.2) is 16.2 Å². The maximum absolute atomic E-state index is 14.1. The van der Waals surface area contributed by atoms with E-state index in [9.17, 15) is 4.39 Å². The van der Waals surface area contributed by atoms with E-state index in [1.807, 2.05) is 10.6 Å². The topological polar surface area (TPSA) is 53.1 Å². The van der Waals surface area contributed by atoms with Crippen molar-refractivity contribution in [3.8, 4) is 0 Å². The number of ether oxygens (including phenoxy) is 1. The molecule has 4 nitrogen and oxygen atoms in total. The molecule has 0 aliphatic carbocycles. The van der Waals surface area contributed by atoms with Crippen LogP contribution in [0.25, 0.3) is 11.0 Å². The number of aromatic nitrogens is 2. The molecule has 1 aliphatic heterocycles. The van der Waals surface area contributed by atoms with Crippen LogP contribution in [0.1, 0.15) is 31.1 Å². The van der Waals surface area contributed by atoms with E-state index in [0.29, 0.717) is 11.1 Å². The van der Waals surface area contributed by atoms with E-state index in [1.54, 1.807) is 12.4 Å². The van der Waals surface area contributed by atoms with Gasteiger partial charge in [-0.1, -0.05) is 6.07 Å². The van der Waals surface area contributed by atoms with Gasteiger partial charge in [0.25, 0.3) is 0 Å². The van der Waals surface area contributed by atoms with Crippen molar-refractivity contribution in [2.24, 2.45) is 5.73 Å². The molecule has 0 bridgehead atoms. The summed E-state index contributed by atoms with van der Waals surface area (Å²) >= 11 is 0. The zero-order valence-corrected chi connectivity index (χ0v) is 10.1. The van der Waals surface area contributed by atoms with Gasteiger partial charge >= 0.3 is 0 Å². The molecule has 2 N–H and O–H groups in total. The van der Waals surface area contributed by atoms with Crippen molar-refractivity contribution in [2.45, 2.75) is 32.0 Å². The first kappa shape index (κ1) is 11.6. The molecule has 1 saturated heterocycles. The summed E-state index contributed by atoms with van der Waals surface area (Å²) in [4.78, 5) is 4.15. The Morgan fingerprint density at radius 1 is 1.44 bits per heavy atom. The predicted octanol–water partition coefficient (Wildman–Crippen LogP) is 2.33. The summed E-state index contributed by atoms with van der Waals surface area (Å²) in [6.45, 7) is 0.947. The Morgan fingerprint density at radius 3 is 3.06 bits per heavy atom. The van der Waals surface area contributed by atoms with Gasteiger partial charge in [-0.15, -0.1) is 0 Å². The van der Waals surface area contributed by atoms with Crippen molar-refractivity contribution in [1.82, 2.24) is 9.55 Å². The minimum atomic E-state index is -0.315. The van der Waals surface area contributed by atoms with Crippen LogP contribution in [0.3, 0.4) is 0 Å². The fraction of sp³-hybridized carbons (Fsp3) is 0.462. The second-order valence-electron chi connectivity index (χ2n) is 4.58. The quantitative estimate of drug-likeness (QED) is 0.888. The Balaban J connectivity index is 2.06. The SMILES string of the molecule is NCc1ccc2c(ncn2C2CCCCO2)c1F. The summed E-state index contributed by atoms with van der Waals surface area (Å²) in [5, 5.41) is 0. The third kappa shape index (κ3) is 1.79. The standard InChI is InChI=1S/C13H16FN3O/c14-12-9(7-15)4-5-10-13(12)16-8-17(10)11-3-1-2-6-18-11/h4-5,8,11H,1-3,6-7,15H2. The number of imidazole rings is 1. The van der Waals surface area contributed by atoms with Gasteiger partial charge in [-0.25, -0.2) is 9.37 Å². The molecule has 1 atom stereocenters. The van der Waals surface area contributed by atoms with Gasteiger partial charge in [-0.05, 0) is 25.3 Å². The molecule has 0 radical (unpaired) electrons. The van der Waals surface area contributed by atoms with Gasteiger partial charge < -0.3 is 15.0 Å². The van der Waals surface area contributed by atoms with Crippen LogP contribution >= 0.6 is 0 Å². The van der Waals surface area contributed by atoms with E-state index in [4.69, 9.17) is 10.5 Å². The van der Waals surface area contributed by atoms with Crippen molar-refractivity contribution < 1.29 is 9.13 Å². The van der Waals surface area contributed by atoms with Crippen molar-refractivity contribution in [3.63, 3.8) is 0 Å². The molecule has 18 heavy (non-hydrogen) atoms. The highest BCUT2D eigenvalue weighted by Gasteiger charge is 2.19. The highest BCUT2D eigenvalue weighted by molar-refractivity contribution is 5.77. The first-order chi connectivity index (χ1) is 8.81. The zero-order valence-electron chi connectivity index (χ0n) is 10.1. The molecule has 2 heterocycles. The van der Waals surface area contributed by atoms with Crippen LogP contribution in [0, 0.1) is 5.82 Å². The highest BCUT2D eigenvalue weighted by Crippen LogP contribution is 2.28. The number of nitrogens with zero attached hydrogens (tertiary/aromatic N) is 2. The van der Waals surface area contributed by atoms with Crippen molar-refractivity contribution in [2.75, 3.05) is 6.61 Å². The molecule has 3 rings (SSSR count). The molecule has 1 aromatic heterocycles. The summed E-state index contributed by atoms with van der Waals surface area (Å²) in [7, 11) is 0. The van der Waals surface area contributed by atoms with Crippen molar-refractivity contribution in [1.29, 1.82) is 0 Å². The summed E-state index contributed by atoms with van der Waals surface area (Å²) in [6.07, 6.45) is 4.81. The van der Waals surface area contributed by atoms with Crippen LogP contribution in [0.15, 0.2) is 18.5 Å². The molecule has 0 amide bonds. The van der Waals surface area contributed by atoms with Crippen LogP contribution in [0.4, 0.5) is 4.39 Å². The van der Waals surface area contributed by atoms with E-state index in [0.717, 1.165) is 31.4 Å². The van der Waals surface area contributed by atoms with Crippen molar-refractivity contribution in [3.05, 3.63) is 29.8 Å². The van der Waals surface area contributed by atoms with E-state index in [1.165, 1.54) is 0 Å². The highest BCUT2D eigenvalue weighted by atomic mass is 19.1. The lowest BCUT2D eigenvalue weighted by atomic mass is 10.1. The Hall–Kier alpha value is -1.46. The molecule has 1 unspecified atom stereocenters. The first-order valence-electron chi connectivity index (χ1n) is 6.27. The van der Waals surface area contributed by atoms with Crippen LogP contribution in [0.2, 0.25) is 0 Å². The summed E-state index contributed by atoms with van der Waals surface area (Å²) < 4.78 is 21.7. The lowest BCUT2D eigenvalue weighted by Crippen LogP contribution is -2.17. The van der Waals surface area contributed by atoms with Gasteiger partial charge in [-0.3, -0.25) is 0 Å². The Morgan fingerprint density at radius 2 is 2.33 bits per heavy atom. The largest absolute Gasteiger partial charge is 0.358 e.